The summed E-state index contributed by atoms with van der Waals surface area (Å²) in [5.41, 5.74) is 2.41. The average Bonchev–Trinajstić information content (AvgIpc) is 3.09. The van der Waals surface area contributed by atoms with Gasteiger partial charge in [0.1, 0.15) is 11.2 Å². The molecule has 0 spiro atoms. The van der Waals surface area contributed by atoms with Crippen LogP contribution in [0.3, 0.4) is 0 Å². The normalized spacial score (nSPS) is 14.9. The van der Waals surface area contributed by atoms with Gasteiger partial charge in [0.25, 0.3) is 5.56 Å². The molecule has 0 radical (unpaired) electrons. The van der Waals surface area contributed by atoms with Gasteiger partial charge in [-0.3, -0.25) is 14.0 Å². The molecule has 0 bridgehead atoms. The van der Waals surface area contributed by atoms with Crippen LogP contribution < -0.4 is 19.8 Å². The summed E-state index contributed by atoms with van der Waals surface area (Å²) < 4.78 is 19.6. The van der Waals surface area contributed by atoms with Crippen LogP contribution in [0, 0.1) is 0 Å². The standard InChI is InChI=1S/C20H22N4O4/c1-23-19-14(11-21-23)20(25)24-7-5-6-13(18(24)22-19)8-12-9-15(26-2)17(28-4)16(10-12)27-3/h8-11H,5-7H2,1-4H3. The Hall–Kier alpha value is -3.29. The molecule has 0 fully saturated rings. The monoisotopic (exact) mass is 382 g/mol. The van der Waals surface area contributed by atoms with E-state index in [4.69, 9.17) is 19.2 Å². The van der Waals surface area contributed by atoms with Gasteiger partial charge in [0.05, 0.1) is 27.5 Å². The van der Waals surface area contributed by atoms with Gasteiger partial charge in [-0.05, 0) is 42.2 Å². The highest BCUT2D eigenvalue weighted by molar-refractivity contribution is 5.83. The Bertz CT molecular complexity index is 1120. The number of fused-ring (bicyclic) bond motifs is 2. The van der Waals surface area contributed by atoms with Crippen molar-refractivity contribution in [3.8, 4) is 17.2 Å². The molecule has 8 heteroatoms. The number of hydrogen-bond donors (Lipinski definition) is 0. The second kappa shape index (κ2) is 7.03. The van der Waals surface area contributed by atoms with Crippen LogP contribution in [0.5, 0.6) is 17.2 Å². The molecule has 3 heterocycles. The van der Waals surface area contributed by atoms with Gasteiger partial charge in [-0.2, -0.15) is 5.10 Å². The zero-order valence-electron chi connectivity index (χ0n) is 16.4. The molecular formula is C20H22N4O4. The average molecular weight is 382 g/mol. The van der Waals surface area contributed by atoms with Crippen molar-refractivity contribution >= 4 is 22.7 Å². The van der Waals surface area contributed by atoms with Crippen LogP contribution in [-0.2, 0) is 13.6 Å². The minimum atomic E-state index is -0.0522. The predicted octanol–water partition coefficient (Wildman–Crippen LogP) is 2.49. The number of aromatic nitrogens is 4. The van der Waals surface area contributed by atoms with Gasteiger partial charge >= 0.3 is 0 Å². The molecule has 28 heavy (non-hydrogen) atoms. The molecule has 1 aliphatic rings. The molecule has 1 aliphatic heterocycles. The van der Waals surface area contributed by atoms with Crippen molar-refractivity contribution in [2.24, 2.45) is 7.05 Å². The van der Waals surface area contributed by atoms with E-state index < -0.39 is 0 Å². The largest absolute Gasteiger partial charge is 0.493 e. The van der Waals surface area contributed by atoms with Gasteiger partial charge in [-0.25, -0.2) is 4.98 Å². The minimum absolute atomic E-state index is 0.0522. The molecule has 0 N–H and O–H groups in total. The fraction of sp³-hybridized carbons (Fsp3) is 0.350. The lowest BCUT2D eigenvalue weighted by Crippen LogP contribution is -2.27. The Morgan fingerprint density at radius 2 is 1.82 bits per heavy atom. The lowest BCUT2D eigenvalue weighted by molar-refractivity contribution is 0.324. The number of allylic oxidation sites excluding steroid dienone is 1. The number of rotatable bonds is 4. The highest BCUT2D eigenvalue weighted by atomic mass is 16.5. The molecule has 0 saturated carbocycles. The second-order valence-electron chi connectivity index (χ2n) is 6.63. The predicted molar refractivity (Wildman–Crippen MR) is 106 cm³/mol. The number of benzene rings is 1. The number of aryl methyl sites for hydroxylation is 1. The maximum absolute atomic E-state index is 12.9. The first-order valence-corrected chi connectivity index (χ1v) is 9.01. The van der Waals surface area contributed by atoms with Crippen LogP contribution >= 0.6 is 0 Å². The lowest BCUT2D eigenvalue weighted by Gasteiger charge is -2.20. The summed E-state index contributed by atoms with van der Waals surface area (Å²) in [4.78, 5) is 17.6. The van der Waals surface area contributed by atoms with E-state index in [-0.39, 0.29) is 5.56 Å². The van der Waals surface area contributed by atoms with Crippen molar-refractivity contribution < 1.29 is 14.2 Å². The molecule has 0 amide bonds. The molecule has 0 atom stereocenters. The lowest BCUT2D eigenvalue weighted by atomic mass is 10.0. The second-order valence-corrected chi connectivity index (χ2v) is 6.63. The third-order valence-corrected chi connectivity index (χ3v) is 4.99. The van der Waals surface area contributed by atoms with E-state index in [0.29, 0.717) is 40.7 Å². The summed E-state index contributed by atoms with van der Waals surface area (Å²) >= 11 is 0. The summed E-state index contributed by atoms with van der Waals surface area (Å²) in [7, 11) is 6.54. The van der Waals surface area contributed by atoms with Gasteiger partial charge in [0.15, 0.2) is 17.1 Å². The molecule has 4 rings (SSSR count). The van der Waals surface area contributed by atoms with Crippen LogP contribution in [0.25, 0.3) is 22.7 Å². The van der Waals surface area contributed by atoms with Crippen molar-refractivity contribution in [2.75, 3.05) is 21.3 Å². The molecule has 1 aromatic carbocycles. The number of hydrogen-bond acceptors (Lipinski definition) is 6. The highest BCUT2D eigenvalue weighted by Gasteiger charge is 2.21. The minimum Gasteiger partial charge on any atom is -0.493 e. The SMILES string of the molecule is COc1cc(C=C2CCCn3c2nc2c(cnn2C)c3=O)cc(OC)c1OC. The number of ether oxygens (including phenoxy) is 3. The van der Waals surface area contributed by atoms with Gasteiger partial charge in [-0.1, -0.05) is 0 Å². The van der Waals surface area contributed by atoms with E-state index in [9.17, 15) is 4.79 Å². The third kappa shape index (κ3) is 2.81. The first-order valence-electron chi connectivity index (χ1n) is 9.01. The molecule has 8 nitrogen and oxygen atoms in total. The first-order chi connectivity index (χ1) is 13.6. The highest BCUT2D eigenvalue weighted by Crippen LogP contribution is 2.39. The quantitative estimate of drug-likeness (QED) is 0.690. The van der Waals surface area contributed by atoms with Crippen molar-refractivity contribution in [3.05, 3.63) is 40.1 Å². The third-order valence-electron chi connectivity index (χ3n) is 4.99. The van der Waals surface area contributed by atoms with E-state index in [1.54, 1.807) is 43.8 Å². The van der Waals surface area contributed by atoms with Crippen LogP contribution in [0.1, 0.15) is 24.2 Å². The smallest absolute Gasteiger partial charge is 0.264 e. The summed E-state index contributed by atoms with van der Waals surface area (Å²) in [5, 5.41) is 4.72. The fourth-order valence-electron chi connectivity index (χ4n) is 3.63. The van der Waals surface area contributed by atoms with Crippen molar-refractivity contribution in [1.29, 1.82) is 0 Å². The molecular weight excluding hydrogens is 360 g/mol. The Morgan fingerprint density at radius 1 is 1.11 bits per heavy atom. The summed E-state index contributed by atoms with van der Waals surface area (Å²) in [6, 6.07) is 3.77. The maximum Gasteiger partial charge on any atom is 0.264 e. The molecule has 0 unspecified atom stereocenters. The van der Waals surface area contributed by atoms with Crippen LogP contribution in [0.2, 0.25) is 0 Å². The molecule has 146 valence electrons. The summed E-state index contributed by atoms with van der Waals surface area (Å²) in [6.45, 7) is 0.651. The molecule has 0 saturated heterocycles. The summed E-state index contributed by atoms with van der Waals surface area (Å²) in [5.74, 6) is 2.39. The first kappa shape index (κ1) is 18.1. The number of nitrogens with zero attached hydrogens (tertiary/aromatic N) is 4. The van der Waals surface area contributed by atoms with Crippen molar-refractivity contribution in [1.82, 2.24) is 19.3 Å². The maximum atomic E-state index is 12.9. The van der Waals surface area contributed by atoms with Gasteiger partial charge in [0.2, 0.25) is 5.75 Å². The van der Waals surface area contributed by atoms with Gasteiger partial charge in [-0.15, -0.1) is 0 Å². The Morgan fingerprint density at radius 3 is 2.46 bits per heavy atom. The van der Waals surface area contributed by atoms with Crippen LogP contribution in [0.15, 0.2) is 23.1 Å². The van der Waals surface area contributed by atoms with Crippen molar-refractivity contribution in [2.45, 2.75) is 19.4 Å². The zero-order chi connectivity index (χ0) is 19.8. The van der Waals surface area contributed by atoms with Gasteiger partial charge in [0, 0.05) is 13.6 Å². The fourth-order valence-corrected chi connectivity index (χ4v) is 3.63. The Balaban J connectivity index is 1.89. The van der Waals surface area contributed by atoms with Crippen LogP contribution in [0.4, 0.5) is 0 Å². The Kier molecular flexibility index (Phi) is 4.54. The van der Waals surface area contributed by atoms with E-state index in [1.807, 2.05) is 18.2 Å². The number of methoxy groups -OCH3 is 3. The topological polar surface area (TPSA) is 80.4 Å². The van der Waals surface area contributed by atoms with E-state index in [2.05, 4.69) is 5.10 Å². The van der Waals surface area contributed by atoms with E-state index in [0.717, 1.165) is 24.0 Å². The van der Waals surface area contributed by atoms with Gasteiger partial charge < -0.3 is 14.2 Å². The molecule has 0 aliphatic carbocycles. The molecule has 3 aromatic rings. The van der Waals surface area contributed by atoms with E-state index in [1.165, 1.54) is 0 Å². The summed E-state index contributed by atoms with van der Waals surface area (Å²) in [6.07, 6.45) is 5.29. The van der Waals surface area contributed by atoms with Crippen LogP contribution in [-0.4, -0.2) is 40.7 Å². The molecule has 2 aromatic heterocycles. The van der Waals surface area contributed by atoms with Crippen molar-refractivity contribution in [3.63, 3.8) is 0 Å². The van der Waals surface area contributed by atoms with E-state index >= 15 is 0 Å². The zero-order valence-corrected chi connectivity index (χ0v) is 16.4. The Labute approximate surface area is 162 Å².